The smallest absolute Gasteiger partial charge is 0.192 e. The molecule has 1 aliphatic rings. The van der Waals surface area contributed by atoms with Crippen LogP contribution in [0, 0.1) is 11.3 Å². The number of hydrogen-bond acceptors (Lipinski definition) is 4. The van der Waals surface area contributed by atoms with Gasteiger partial charge in [-0.05, 0) is 62.0 Å². The lowest BCUT2D eigenvalue weighted by molar-refractivity contribution is 0.132. The molecule has 0 saturated heterocycles. The molecular formula is C22H33ClN4OSi. The molecule has 1 aromatic heterocycles. The average Bonchev–Trinajstić information content (AvgIpc) is 3.21. The summed E-state index contributed by atoms with van der Waals surface area (Å²) in [5, 5.41) is 13.3. The summed E-state index contributed by atoms with van der Waals surface area (Å²) in [6.07, 6.45) is 9.94. The maximum Gasteiger partial charge on any atom is 0.192 e. The number of anilines is 1. The molecule has 158 valence electrons. The van der Waals surface area contributed by atoms with E-state index >= 15 is 0 Å². The van der Waals surface area contributed by atoms with Gasteiger partial charge in [0.1, 0.15) is 6.07 Å². The molecule has 0 aliphatic heterocycles. The van der Waals surface area contributed by atoms with E-state index in [1.54, 1.807) is 24.8 Å². The van der Waals surface area contributed by atoms with Gasteiger partial charge in [-0.15, -0.1) is 0 Å². The summed E-state index contributed by atoms with van der Waals surface area (Å²) in [5.74, 6) is 0. The number of rotatable bonds is 4. The van der Waals surface area contributed by atoms with Gasteiger partial charge < -0.3 is 14.7 Å². The van der Waals surface area contributed by atoms with Crippen LogP contribution < -0.4 is 5.32 Å². The molecule has 1 aromatic carbocycles. The minimum atomic E-state index is -1.72. The van der Waals surface area contributed by atoms with Crippen molar-refractivity contribution in [1.29, 1.82) is 5.26 Å². The van der Waals surface area contributed by atoms with Crippen molar-refractivity contribution in [2.24, 2.45) is 0 Å². The molecule has 1 fully saturated rings. The van der Waals surface area contributed by atoms with E-state index in [0.717, 1.165) is 24.9 Å². The van der Waals surface area contributed by atoms with Crippen molar-refractivity contribution in [3.05, 3.63) is 47.5 Å². The van der Waals surface area contributed by atoms with Crippen molar-refractivity contribution < 1.29 is 4.43 Å². The van der Waals surface area contributed by atoms with Gasteiger partial charge >= 0.3 is 0 Å². The molecule has 5 nitrogen and oxygen atoms in total. The average molecular weight is 433 g/mol. The largest absolute Gasteiger partial charge is 0.414 e. The predicted octanol–water partition coefficient (Wildman–Crippen LogP) is 6.37. The summed E-state index contributed by atoms with van der Waals surface area (Å²) in [6, 6.07) is 8.05. The highest BCUT2D eigenvalue weighted by Gasteiger charge is 2.40. The van der Waals surface area contributed by atoms with Gasteiger partial charge in [-0.1, -0.05) is 32.4 Å². The zero-order valence-corrected chi connectivity index (χ0v) is 19.9. The minimum absolute atomic E-state index is 0.244. The Morgan fingerprint density at radius 3 is 2.59 bits per heavy atom. The third kappa shape index (κ3) is 7.18. The van der Waals surface area contributed by atoms with Crippen LogP contribution >= 0.6 is 11.6 Å². The fourth-order valence-corrected chi connectivity index (χ4v) is 4.75. The molecule has 7 heteroatoms. The van der Waals surface area contributed by atoms with Crippen LogP contribution in [-0.4, -0.2) is 30.4 Å². The lowest BCUT2D eigenvalue weighted by Crippen LogP contribution is -2.46. The number of benzene rings is 1. The minimum Gasteiger partial charge on any atom is -0.414 e. The number of nitrogens with zero attached hydrogens (tertiary/aromatic N) is 2. The second-order valence-corrected chi connectivity index (χ2v) is 14.2. The van der Waals surface area contributed by atoms with E-state index in [1.165, 1.54) is 6.42 Å². The number of hydrogen-bond donors (Lipinski definition) is 2. The molecule has 0 bridgehead atoms. The summed E-state index contributed by atoms with van der Waals surface area (Å²) < 4.78 is 6.60. The highest BCUT2D eigenvalue weighted by molar-refractivity contribution is 6.74. The Balaban J connectivity index is 0.000000521. The monoisotopic (exact) mass is 432 g/mol. The van der Waals surface area contributed by atoms with Gasteiger partial charge in [0.25, 0.3) is 0 Å². The molecule has 1 aliphatic carbocycles. The van der Waals surface area contributed by atoms with E-state index < -0.39 is 8.32 Å². The number of nitriles is 1. The molecular weight excluding hydrogens is 400 g/mol. The standard InChI is InChI=1S/C19H29ClN2OSi.C3H4N2/c1-19(2,3)24(4,5)23-17-8-6-7-15(11-17)22-16-10-9-14(13-21)18(20)12-16;1-2-5-3-4-1/h9-10,12,15,17,22H,6-8,11H2,1-5H3;1-3H,(H,4,5). The second kappa shape index (κ2) is 10.3. The number of nitrogens with one attached hydrogen (secondary N) is 2. The molecule has 0 radical (unpaired) electrons. The van der Waals surface area contributed by atoms with E-state index in [1.807, 2.05) is 12.1 Å². The van der Waals surface area contributed by atoms with Gasteiger partial charge in [0, 0.05) is 30.2 Å². The zero-order valence-electron chi connectivity index (χ0n) is 18.1. The molecule has 0 spiro atoms. The maximum atomic E-state index is 8.97. The molecule has 1 saturated carbocycles. The van der Waals surface area contributed by atoms with E-state index in [4.69, 9.17) is 21.3 Å². The SMILES string of the molecule is CC(C)(C)[Si](C)(C)OC1CCCC(Nc2ccc(C#N)c(Cl)c2)C1.c1c[nH]cn1. The molecule has 2 N–H and O–H groups in total. The van der Waals surface area contributed by atoms with Crippen LogP contribution in [0.25, 0.3) is 0 Å². The molecule has 0 amide bonds. The predicted molar refractivity (Wildman–Crippen MR) is 123 cm³/mol. The summed E-state index contributed by atoms with van der Waals surface area (Å²) in [5.41, 5.74) is 1.50. The van der Waals surface area contributed by atoms with Crippen LogP contribution in [0.5, 0.6) is 0 Å². The van der Waals surface area contributed by atoms with Crippen LogP contribution in [0.4, 0.5) is 5.69 Å². The van der Waals surface area contributed by atoms with Crippen LogP contribution in [0.15, 0.2) is 36.9 Å². The van der Waals surface area contributed by atoms with Crippen molar-refractivity contribution in [2.75, 3.05) is 5.32 Å². The Bertz CT molecular complexity index is 779. The van der Waals surface area contributed by atoms with Crippen molar-refractivity contribution >= 4 is 25.6 Å². The Morgan fingerprint density at radius 2 is 2.07 bits per heavy atom. The lowest BCUT2D eigenvalue weighted by Gasteiger charge is -2.41. The van der Waals surface area contributed by atoms with Gasteiger partial charge in [0.2, 0.25) is 0 Å². The van der Waals surface area contributed by atoms with E-state index in [2.05, 4.69) is 55.2 Å². The first-order valence-electron chi connectivity index (χ1n) is 10.2. The van der Waals surface area contributed by atoms with Crippen molar-refractivity contribution in [1.82, 2.24) is 9.97 Å². The Morgan fingerprint density at radius 1 is 1.31 bits per heavy atom. The van der Waals surface area contributed by atoms with Gasteiger partial charge in [-0.3, -0.25) is 0 Å². The normalized spacial score (nSPS) is 19.6. The number of aromatic amines is 1. The summed E-state index contributed by atoms with van der Waals surface area (Å²) in [6.45, 7) is 11.5. The third-order valence-corrected chi connectivity index (χ3v) is 10.6. The zero-order chi connectivity index (χ0) is 21.5. The number of aromatic nitrogens is 2. The fraction of sp³-hybridized carbons (Fsp3) is 0.545. The van der Waals surface area contributed by atoms with E-state index in [9.17, 15) is 0 Å². The quantitative estimate of drug-likeness (QED) is 0.550. The molecule has 1 heterocycles. The first kappa shape index (κ1) is 23.5. The Labute approximate surface area is 181 Å². The van der Waals surface area contributed by atoms with Gasteiger partial charge in [0.15, 0.2) is 8.32 Å². The molecule has 29 heavy (non-hydrogen) atoms. The lowest BCUT2D eigenvalue weighted by atomic mass is 9.93. The van der Waals surface area contributed by atoms with Gasteiger partial charge in [-0.2, -0.15) is 5.26 Å². The fourth-order valence-electron chi connectivity index (χ4n) is 3.12. The number of imidazole rings is 1. The summed E-state index contributed by atoms with van der Waals surface area (Å²) in [4.78, 5) is 6.42. The van der Waals surface area contributed by atoms with Crippen LogP contribution in [0.3, 0.4) is 0 Å². The topological polar surface area (TPSA) is 73.7 Å². The van der Waals surface area contributed by atoms with E-state index in [-0.39, 0.29) is 5.04 Å². The van der Waals surface area contributed by atoms with Gasteiger partial charge in [-0.25, -0.2) is 4.98 Å². The van der Waals surface area contributed by atoms with Crippen molar-refractivity contribution in [3.8, 4) is 6.07 Å². The Hall–Kier alpha value is -1.81. The number of H-pyrrole nitrogens is 1. The van der Waals surface area contributed by atoms with E-state index in [0.29, 0.717) is 22.7 Å². The molecule has 2 unspecified atom stereocenters. The first-order chi connectivity index (χ1) is 13.6. The maximum absolute atomic E-state index is 8.97. The van der Waals surface area contributed by atoms with Crippen LogP contribution in [-0.2, 0) is 4.43 Å². The van der Waals surface area contributed by atoms with Crippen LogP contribution in [0.2, 0.25) is 23.2 Å². The summed E-state index contributed by atoms with van der Waals surface area (Å²) in [7, 11) is -1.72. The Kier molecular flexibility index (Phi) is 8.32. The second-order valence-electron chi connectivity index (χ2n) is 9.08. The molecule has 3 rings (SSSR count). The van der Waals surface area contributed by atoms with Crippen molar-refractivity contribution in [2.45, 2.75) is 76.7 Å². The summed E-state index contributed by atoms with van der Waals surface area (Å²) >= 11 is 6.13. The number of halogens is 1. The van der Waals surface area contributed by atoms with Gasteiger partial charge in [0.05, 0.1) is 16.9 Å². The highest BCUT2D eigenvalue weighted by atomic mass is 35.5. The third-order valence-electron chi connectivity index (χ3n) is 5.76. The highest BCUT2D eigenvalue weighted by Crippen LogP contribution is 2.39. The molecule has 2 aromatic rings. The molecule has 2 atom stereocenters. The van der Waals surface area contributed by atoms with Crippen molar-refractivity contribution in [3.63, 3.8) is 0 Å². The first-order valence-corrected chi connectivity index (χ1v) is 13.5. The van der Waals surface area contributed by atoms with Crippen LogP contribution in [0.1, 0.15) is 52.0 Å².